The fourth-order valence-electron chi connectivity index (χ4n) is 1.18. The number of anilines is 1. The standard InChI is InChI=1S/C10H8FN3OS/c1-6-4-7(2-3-8(6)11)13-10(15)9-5-12-16-14-9/h2-5H,1H3,(H,13,15). The van der Waals surface area contributed by atoms with Gasteiger partial charge in [0.2, 0.25) is 0 Å². The summed E-state index contributed by atoms with van der Waals surface area (Å²) in [5.74, 6) is -0.645. The lowest BCUT2D eigenvalue weighted by Gasteiger charge is -2.04. The van der Waals surface area contributed by atoms with E-state index in [1.165, 1.54) is 18.3 Å². The Morgan fingerprint density at radius 3 is 2.94 bits per heavy atom. The molecule has 0 saturated heterocycles. The largest absolute Gasteiger partial charge is 0.321 e. The number of hydrogen-bond donors (Lipinski definition) is 1. The third-order valence-corrected chi connectivity index (χ3v) is 2.49. The molecule has 1 heterocycles. The second kappa shape index (κ2) is 4.36. The van der Waals surface area contributed by atoms with Gasteiger partial charge in [-0.15, -0.1) is 0 Å². The van der Waals surface area contributed by atoms with Gasteiger partial charge >= 0.3 is 0 Å². The number of aryl methyl sites for hydroxylation is 1. The van der Waals surface area contributed by atoms with Gasteiger partial charge in [0.15, 0.2) is 5.69 Å². The van der Waals surface area contributed by atoms with Gasteiger partial charge in [0.05, 0.1) is 17.9 Å². The lowest BCUT2D eigenvalue weighted by Crippen LogP contribution is -2.12. The lowest BCUT2D eigenvalue weighted by atomic mass is 10.2. The highest BCUT2D eigenvalue weighted by molar-refractivity contribution is 6.99. The van der Waals surface area contributed by atoms with Gasteiger partial charge in [-0.05, 0) is 30.7 Å². The third kappa shape index (κ3) is 2.22. The molecule has 82 valence electrons. The highest BCUT2D eigenvalue weighted by Gasteiger charge is 2.09. The number of rotatable bonds is 2. The molecule has 0 fully saturated rings. The SMILES string of the molecule is Cc1cc(NC(=O)c2cnsn2)ccc1F. The molecule has 0 aliphatic carbocycles. The van der Waals surface area contributed by atoms with E-state index in [2.05, 4.69) is 14.1 Å². The molecule has 2 aromatic rings. The first-order valence-corrected chi connectivity index (χ1v) is 5.25. The quantitative estimate of drug-likeness (QED) is 0.871. The summed E-state index contributed by atoms with van der Waals surface area (Å²) >= 11 is 0.963. The Morgan fingerprint density at radius 1 is 1.50 bits per heavy atom. The fourth-order valence-corrected chi connectivity index (χ4v) is 1.59. The number of carbonyl (C=O) groups excluding carboxylic acids is 1. The van der Waals surface area contributed by atoms with E-state index in [0.29, 0.717) is 11.3 Å². The normalized spacial score (nSPS) is 10.1. The van der Waals surface area contributed by atoms with E-state index in [0.717, 1.165) is 11.7 Å². The van der Waals surface area contributed by atoms with Crippen molar-refractivity contribution in [1.82, 2.24) is 8.75 Å². The van der Waals surface area contributed by atoms with E-state index in [4.69, 9.17) is 0 Å². The highest BCUT2D eigenvalue weighted by Crippen LogP contribution is 2.14. The zero-order chi connectivity index (χ0) is 11.5. The highest BCUT2D eigenvalue weighted by atomic mass is 32.1. The second-order valence-corrected chi connectivity index (χ2v) is 3.77. The number of hydrogen-bond acceptors (Lipinski definition) is 4. The van der Waals surface area contributed by atoms with Crippen LogP contribution < -0.4 is 5.32 Å². The molecule has 6 heteroatoms. The summed E-state index contributed by atoms with van der Waals surface area (Å²) in [6.07, 6.45) is 1.39. The molecule has 0 unspecified atom stereocenters. The summed E-state index contributed by atoms with van der Waals surface area (Å²) in [5.41, 5.74) is 1.28. The Bertz CT molecular complexity index is 513. The molecule has 0 atom stereocenters. The smallest absolute Gasteiger partial charge is 0.277 e. The van der Waals surface area contributed by atoms with Crippen LogP contribution in [0.1, 0.15) is 16.1 Å². The molecule has 0 spiro atoms. The van der Waals surface area contributed by atoms with Crippen LogP contribution in [0.4, 0.5) is 10.1 Å². The second-order valence-electron chi connectivity index (χ2n) is 3.21. The minimum atomic E-state index is -0.347. The summed E-state index contributed by atoms with van der Waals surface area (Å²) in [7, 11) is 0. The Morgan fingerprint density at radius 2 is 2.31 bits per heavy atom. The molecule has 1 amide bonds. The van der Waals surface area contributed by atoms with Crippen LogP contribution in [0.15, 0.2) is 24.4 Å². The molecular weight excluding hydrogens is 229 g/mol. The van der Waals surface area contributed by atoms with Gasteiger partial charge in [-0.1, -0.05) is 0 Å². The fraction of sp³-hybridized carbons (Fsp3) is 0.100. The number of halogens is 1. The molecule has 1 aromatic heterocycles. The van der Waals surface area contributed by atoms with E-state index in [1.807, 2.05) is 0 Å². The molecular formula is C10H8FN3OS. The minimum Gasteiger partial charge on any atom is -0.321 e. The number of amides is 1. The van der Waals surface area contributed by atoms with E-state index in [9.17, 15) is 9.18 Å². The van der Waals surface area contributed by atoms with Gasteiger partial charge in [0, 0.05) is 5.69 Å². The van der Waals surface area contributed by atoms with Crippen LogP contribution in [0, 0.1) is 12.7 Å². The van der Waals surface area contributed by atoms with Gasteiger partial charge in [0.1, 0.15) is 5.82 Å². The lowest BCUT2D eigenvalue weighted by molar-refractivity contribution is 0.102. The van der Waals surface area contributed by atoms with Crippen molar-refractivity contribution in [3.8, 4) is 0 Å². The molecule has 1 aromatic carbocycles. The summed E-state index contributed by atoms with van der Waals surface area (Å²) in [4.78, 5) is 11.6. The van der Waals surface area contributed by atoms with Crippen molar-refractivity contribution in [3.63, 3.8) is 0 Å². The van der Waals surface area contributed by atoms with Gasteiger partial charge in [-0.2, -0.15) is 8.75 Å². The summed E-state index contributed by atoms with van der Waals surface area (Å²) in [5, 5.41) is 2.61. The van der Waals surface area contributed by atoms with E-state index in [1.54, 1.807) is 13.0 Å². The summed E-state index contributed by atoms with van der Waals surface area (Å²) in [6, 6.07) is 4.37. The minimum absolute atomic E-state index is 0.256. The molecule has 0 aliphatic rings. The zero-order valence-corrected chi connectivity index (χ0v) is 9.21. The topological polar surface area (TPSA) is 54.9 Å². The Labute approximate surface area is 95.5 Å². The first kappa shape index (κ1) is 10.7. The van der Waals surface area contributed by atoms with Crippen LogP contribution in [-0.4, -0.2) is 14.7 Å². The Kier molecular flexibility index (Phi) is 2.91. The van der Waals surface area contributed by atoms with E-state index < -0.39 is 0 Å². The molecule has 1 N–H and O–H groups in total. The van der Waals surface area contributed by atoms with Crippen molar-refractivity contribution < 1.29 is 9.18 Å². The maximum atomic E-state index is 13.0. The summed E-state index contributed by atoms with van der Waals surface area (Å²) < 4.78 is 20.5. The number of benzene rings is 1. The summed E-state index contributed by atoms with van der Waals surface area (Å²) in [6.45, 7) is 1.63. The number of nitrogens with one attached hydrogen (secondary N) is 1. The van der Waals surface area contributed by atoms with Crippen molar-refractivity contribution in [2.45, 2.75) is 6.92 Å². The monoisotopic (exact) mass is 237 g/mol. The van der Waals surface area contributed by atoms with Gasteiger partial charge < -0.3 is 5.32 Å². The van der Waals surface area contributed by atoms with Crippen molar-refractivity contribution in [2.24, 2.45) is 0 Å². The molecule has 0 saturated carbocycles. The zero-order valence-electron chi connectivity index (χ0n) is 8.40. The third-order valence-electron chi connectivity index (χ3n) is 2.01. The predicted octanol–water partition coefficient (Wildman–Crippen LogP) is 2.24. The maximum absolute atomic E-state index is 13.0. The Balaban J connectivity index is 2.15. The van der Waals surface area contributed by atoms with Gasteiger partial charge in [0.25, 0.3) is 5.91 Å². The van der Waals surface area contributed by atoms with Crippen molar-refractivity contribution >= 4 is 23.3 Å². The van der Waals surface area contributed by atoms with Crippen LogP contribution in [0.5, 0.6) is 0 Å². The number of carbonyl (C=O) groups is 1. The van der Waals surface area contributed by atoms with Crippen LogP contribution in [0.2, 0.25) is 0 Å². The van der Waals surface area contributed by atoms with Crippen LogP contribution in [-0.2, 0) is 0 Å². The van der Waals surface area contributed by atoms with Crippen LogP contribution >= 0.6 is 11.7 Å². The molecule has 0 bridgehead atoms. The average molecular weight is 237 g/mol. The van der Waals surface area contributed by atoms with Crippen LogP contribution in [0.3, 0.4) is 0 Å². The first-order chi connectivity index (χ1) is 7.66. The average Bonchev–Trinajstić information content (AvgIpc) is 2.77. The molecule has 2 rings (SSSR count). The Hall–Kier alpha value is -1.82. The molecule has 0 radical (unpaired) electrons. The van der Waals surface area contributed by atoms with E-state index in [-0.39, 0.29) is 17.4 Å². The van der Waals surface area contributed by atoms with Crippen molar-refractivity contribution in [1.29, 1.82) is 0 Å². The molecule has 16 heavy (non-hydrogen) atoms. The molecule has 4 nitrogen and oxygen atoms in total. The first-order valence-electron chi connectivity index (χ1n) is 4.52. The van der Waals surface area contributed by atoms with Crippen molar-refractivity contribution in [3.05, 3.63) is 41.5 Å². The molecule has 0 aliphatic heterocycles. The number of aromatic nitrogens is 2. The van der Waals surface area contributed by atoms with Gasteiger partial charge in [-0.3, -0.25) is 4.79 Å². The number of nitrogens with zero attached hydrogens (tertiary/aromatic N) is 2. The van der Waals surface area contributed by atoms with E-state index >= 15 is 0 Å². The van der Waals surface area contributed by atoms with Gasteiger partial charge in [-0.25, -0.2) is 4.39 Å². The predicted molar refractivity (Wildman–Crippen MR) is 59.0 cm³/mol. The van der Waals surface area contributed by atoms with Crippen molar-refractivity contribution in [2.75, 3.05) is 5.32 Å². The van der Waals surface area contributed by atoms with Crippen LogP contribution in [0.25, 0.3) is 0 Å². The maximum Gasteiger partial charge on any atom is 0.277 e.